The van der Waals surface area contributed by atoms with Gasteiger partial charge in [0.2, 0.25) is 0 Å². The summed E-state index contributed by atoms with van der Waals surface area (Å²) >= 11 is 0. The molecule has 1 aliphatic heterocycles. The van der Waals surface area contributed by atoms with Crippen LogP contribution in [-0.4, -0.2) is 11.8 Å². The van der Waals surface area contributed by atoms with Crippen molar-refractivity contribution in [2.45, 2.75) is 31.7 Å². The first-order chi connectivity index (χ1) is 15.6. The van der Waals surface area contributed by atoms with Crippen LogP contribution in [0.15, 0.2) is 90.1 Å². The number of ether oxygens (including phenoxy) is 1. The molecule has 0 amide bonds. The number of allylic oxidation sites excluding steroid dienone is 1. The first-order valence-corrected chi connectivity index (χ1v) is 10.8. The van der Waals surface area contributed by atoms with Gasteiger partial charge in [0.05, 0.1) is 17.4 Å². The van der Waals surface area contributed by atoms with Gasteiger partial charge >= 0.3 is 5.97 Å². The summed E-state index contributed by atoms with van der Waals surface area (Å²) in [4.78, 5) is 24.8. The second-order valence-electron chi connectivity index (χ2n) is 8.24. The van der Waals surface area contributed by atoms with Gasteiger partial charge < -0.3 is 15.4 Å². The van der Waals surface area contributed by atoms with Crippen molar-refractivity contribution < 1.29 is 14.3 Å². The highest BCUT2D eigenvalue weighted by Crippen LogP contribution is 2.44. The van der Waals surface area contributed by atoms with Gasteiger partial charge in [0.25, 0.3) is 0 Å². The zero-order valence-electron chi connectivity index (χ0n) is 17.8. The molecule has 5 rings (SSSR count). The molecule has 0 radical (unpaired) electrons. The van der Waals surface area contributed by atoms with E-state index in [1.165, 1.54) is 12.5 Å². The van der Waals surface area contributed by atoms with Crippen LogP contribution in [0, 0.1) is 0 Å². The van der Waals surface area contributed by atoms with Crippen LogP contribution in [0.5, 0.6) is 5.75 Å². The monoisotopic (exact) mass is 424 g/mol. The summed E-state index contributed by atoms with van der Waals surface area (Å²) in [6.07, 6.45) is 1.24. The lowest BCUT2D eigenvalue weighted by atomic mass is 9.78. The van der Waals surface area contributed by atoms with E-state index >= 15 is 0 Å². The molecule has 32 heavy (non-hydrogen) atoms. The van der Waals surface area contributed by atoms with Crippen LogP contribution in [0.1, 0.15) is 42.9 Å². The Labute approximate surface area is 187 Å². The Morgan fingerprint density at radius 1 is 0.844 bits per heavy atom. The lowest BCUT2D eigenvalue weighted by Gasteiger charge is -2.30. The maximum Gasteiger partial charge on any atom is 0.308 e. The number of anilines is 2. The smallest absolute Gasteiger partial charge is 0.308 e. The number of nitrogens with one attached hydrogen (secondary N) is 2. The number of esters is 1. The number of para-hydroxylation sites is 2. The molecule has 0 spiro atoms. The number of Topliss-reactive ketones (excluding diaryl/α,β-unsaturated/α-hetero) is 1. The number of rotatable bonds is 3. The summed E-state index contributed by atoms with van der Waals surface area (Å²) in [5.41, 5.74) is 5.76. The molecule has 1 aliphatic carbocycles. The standard InChI is InChI=1S/C27H24N2O3/c1-17(30)32-21-13-11-19(12-14-21)27-26-24(28-22-9-5-6-10-23(22)29-27)15-20(16-25(26)31)18-7-3-2-4-8-18/h2-14,20,27-29H,15-16H2,1H3. The molecule has 1 heterocycles. The minimum atomic E-state index is -0.358. The highest BCUT2D eigenvalue weighted by molar-refractivity contribution is 6.01. The third-order valence-electron chi connectivity index (χ3n) is 6.05. The van der Waals surface area contributed by atoms with Gasteiger partial charge in [-0.1, -0.05) is 54.6 Å². The maximum absolute atomic E-state index is 13.5. The number of hydrogen-bond acceptors (Lipinski definition) is 5. The number of carbonyl (C=O) groups is 2. The van der Waals surface area contributed by atoms with E-state index in [1.807, 2.05) is 54.6 Å². The van der Waals surface area contributed by atoms with Gasteiger partial charge in [-0.15, -0.1) is 0 Å². The van der Waals surface area contributed by atoms with E-state index in [0.29, 0.717) is 12.2 Å². The van der Waals surface area contributed by atoms with Crippen molar-refractivity contribution in [3.05, 3.63) is 101 Å². The van der Waals surface area contributed by atoms with E-state index in [1.54, 1.807) is 12.1 Å². The Morgan fingerprint density at radius 3 is 2.25 bits per heavy atom. The summed E-state index contributed by atoms with van der Waals surface area (Å²) in [5.74, 6) is 0.416. The van der Waals surface area contributed by atoms with E-state index in [2.05, 4.69) is 22.8 Å². The molecule has 2 unspecified atom stereocenters. The Balaban J connectivity index is 1.56. The summed E-state index contributed by atoms with van der Waals surface area (Å²) in [5, 5.41) is 7.13. The molecule has 0 fully saturated rings. The zero-order chi connectivity index (χ0) is 22.1. The van der Waals surface area contributed by atoms with Crippen molar-refractivity contribution in [1.82, 2.24) is 0 Å². The van der Waals surface area contributed by atoms with Crippen LogP contribution in [0.3, 0.4) is 0 Å². The van der Waals surface area contributed by atoms with E-state index in [9.17, 15) is 9.59 Å². The first kappa shape index (κ1) is 20.1. The lowest BCUT2D eigenvalue weighted by molar-refractivity contribution is -0.131. The van der Waals surface area contributed by atoms with Gasteiger partial charge in [-0.25, -0.2) is 0 Å². The number of carbonyl (C=O) groups excluding carboxylic acids is 2. The molecule has 2 atom stereocenters. The number of ketones is 1. The average molecular weight is 425 g/mol. The second kappa shape index (κ2) is 8.35. The Morgan fingerprint density at radius 2 is 1.53 bits per heavy atom. The minimum absolute atomic E-state index is 0.141. The van der Waals surface area contributed by atoms with Crippen LogP contribution in [-0.2, 0) is 9.59 Å². The quantitative estimate of drug-likeness (QED) is 0.424. The lowest BCUT2D eigenvalue weighted by Crippen LogP contribution is -2.26. The predicted molar refractivity (Wildman–Crippen MR) is 125 cm³/mol. The molecule has 3 aromatic rings. The Hall–Kier alpha value is -3.86. The van der Waals surface area contributed by atoms with Gasteiger partial charge in [0, 0.05) is 24.6 Å². The van der Waals surface area contributed by atoms with Crippen LogP contribution < -0.4 is 15.4 Å². The van der Waals surface area contributed by atoms with Crippen molar-refractivity contribution >= 4 is 23.1 Å². The van der Waals surface area contributed by atoms with Crippen LogP contribution in [0.4, 0.5) is 11.4 Å². The third kappa shape index (κ3) is 3.89. The zero-order valence-corrected chi connectivity index (χ0v) is 17.8. The fourth-order valence-electron chi connectivity index (χ4n) is 4.60. The molecule has 5 heteroatoms. The Kier molecular flexibility index (Phi) is 5.23. The van der Waals surface area contributed by atoms with Crippen molar-refractivity contribution in [1.29, 1.82) is 0 Å². The number of fused-ring (bicyclic) bond motifs is 1. The van der Waals surface area contributed by atoms with Crippen LogP contribution in [0.25, 0.3) is 0 Å². The second-order valence-corrected chi connectivity index (χ2v) is 8.24. The van der Waals surface area contributed by atoms with E-state index < -0.39 is 0 Å². The molecular weight excluding hydrogens is 400 g/mol. The van der Waals surface area contributed by atoms with Crippen molar-refractivity contribution in [2.24, 2.45) is 0 Å². The molecule has 0 aromatic heterocycles. The molecule has 160 valence electrons. The molecule has 2 aliphatic rings. The first-order valence-electron chi connectivity index (χ1n) is 10.8. The molecule has 2 N–H and O–H groups in total. The van der Waals surface area contributed by atoms with E-state index in [-0.39, 0.29) is 23.7 Å². The maximum atomic E-state index is 13.5. The highest BCUT2D eigenvalue weighted by atomic mass is 16.5. The Bertz CT molecular complexity index is 1200. The van der Waals surface area contributed by atoms with Crippen LogP contribution in [0.2, 0.25) is 0 Å². The van der Waals surface area contributed by atoms with Crippen molar-refractivity contribution in [3.63, 3.8) is 0 Å². The topological polar surface area (TPSA) is 67.4 Å². The molecule has 0 saturated heterocycles. The summed E-state index contributed by atoms with van der Waals surface area (Å²) in [7, 11) is 0. The van der Waals surface area contributed by atoms with Crippen LogP contribution >= 0.6 is 0 Å². The average Bonchev–Trinajstić information content (AvgIpc) is 2.97. The largest absolute Gasteiger partial charge is 0.427 e. The normalized spacial score (nSPS) is 19.7. The van der Waals surface area contributed by atoms with E-state index in [4.69, 9.17) is 4.74 Å². The molecular formula is C27H24N2O3. The number of hydrogen-bond donors (Lipinski definition) is 2. The van der Waals surface area contributed by atoms with Crippen molar-refractivity contribution in [3.8, 4) is 5.75 Å². The fourth-order valence-corrected chi connectivity index (χ4v) is 4.60. The van der Waals surface area contributed by atoms with E-state index in [0.717, 1.165) is 34.6 Å². The molecule has 3 aromatic carbocycles. The summed E-state index contributed by atoms with van der Waals surface area (Å²) in [6.45, 7) is 1.38. The van der Waals surface area contributed by atoms with Gasteiger partial charge in [-0.2, -0.15) is 0 Å². The van der Waals surface area contributed by atoms with Gasteiger partial charge in [0.15, 0.2) is 5.78 Å². The summed E-state index contributed by atoms with van der Waals surface area (Å²) < 4.78 is 5.18. The minimum Gasteiger partial charge on any atom is -0.427 e. The van der Waals surface area contributed by atoms with Gasteiger partial charge in [0.1, 0.15) is 5.75 Å². The molecule has 0 saturated carbocycles. The van der Waals surface area contributed by atoms with Gasteiger partial charge in [-0.3, -0.25) is 9.59 Å². The number of benzene rings is 3. The molecule has 5 nitrogen and oxygen atoms in total. The summed E-state index contributed by atoms with van der Waals surface area (Å²) in [6, 6.07) is 25.3. The highest BCUT2D eigenvalue weighted by Gasteiger charge is 2.36. The predicted octanol–water partition coefficient (Wildman–Crippen LogP) is 5.59. The SMILES string of the molecule is CC(=O)Oc1ccc(C2Nc3ccccc3NC3=C2C(=O)CC(c2ccccc2)C3)cc1. The third-order valence-corrected chi connectivity index (χ3v) is 6.05. The van der Waals surface area contributed by atoms with Gasteiger partial charge in [-0.05, 0) is 47.7 Å². The van der Waals surface area contributed by atoms with Crippen molar-refractivity contribution in [2.75, 3.05) is 10.6 Å². The molecule has 0 bridgehead atoms. The fraction of sp³-hybridized carbons (Fsp3) is 0.185.